The largest absolute Gasteiger partial charge is 0.394 e. The van der Waals surface area contributed by atoms with E-state index in [1.165, 1.54) is 238 Å². The van der Waals surface area contributed by atoms with E-state index in [9.17, 15) is 30.3 Å². The molecule has 0 aliphatic carbocycles. The predicted octanol–water partition coefficient (Wildman–Crippen LogP) is 22.0. The topological polar surface area (TPSA) is 149 Å². The van der Waals surface area contributed by atoms with Crippen LogP contribution in [0.5, 0.6) is 0 Å². The van der Waals surface area contributed by atoms with Crippen molar-refractivity contribution in [3.05, 3.63) is 109 Å². The standard InChI is InChI=1S/C82H145NO8/c1-3-5-7-9-11-13-15-17-19-21-23-25-27-29-31-33-34-35-36-37-38-39-40-41-42-44-46-48-50-52-54-56-58-60-62-64-66-68-70-72-78(86)83-75(74-90-82-81(89)80(88)79(87)77(73-84)91-82)76(85)71-69-67-65-63-61-59-57-55-53-51-49-47-45-43-32-30-28-26-24-22-20-18-16-14-12-10-8-6-4-2/h5,7,11,13,17,19,23,25,29,31,34-35,37-38,40-41,69,71,75-77,79-82,84-85,87-89H,3-4,6,8-10,12,14-16,18,20-22,24,26-28,30,32-33,36,39,42-68,70,72-74H2,1-2H3,(H,83,86)/b7-5-,13-11-,19-17-,25-23-,31-29-,35-34-,38-37-,41-40-,71-69+. The molecule has 1 fully saturated rings. The fourth-order valence-electron chi connectivity index (χ4n) is 11.9. The van der Waals surface area contributed by atoms with E-state index in [0.29, 0.717) is 6.42 Å². The second-order valence-electron chi connectivity index (χ2n) is 26.4. The van der Waals surface area contributed by atoms with Gasteiger partial charge in [0.2, 0.25) is 5.91 Å². The van der Waals surface area contributed by atoms with E-state index >= 15 is 0 Å². The zero-order chi connectivity index (χ0) is 65.7. The molecular formula is C82H145NO8. The zero-order valence-corrected chi connectivity index (χ0v) is 59.1. The number of carbonyl (C=O) groups excluding carboxylic acids is 1. The fourth-order valence-corrected chi connectivity index (χ4v) is 11.9. The Morgan fingerprint density at radius 2 is 0.681 bits per heavy atom. The minimum atomic E-state index is -1.57. The Balaban J connectivity index is 2.10. The summed E-state index contributed by atoms with van der Waals surface area (Å²) in [7, 11) is 0. The third-order valence-electron chi connectivity index (χ3n) is 17.9. The summed E-state index contributed by atoms with van der Waals surface area (Å²) in [6.07, 6.45) is 96.4. The van der Waals surface area contributed by atoms with Crippen LogP contribution in [0.25, 0.3) is 0 Å². The fraction of sp³-hybridized carbons (Fsp3) is 0.768. The Kier molecular flexibility index (Phi) is 65.7. The Labute approximate surface area is 561 Å². The number of unbranched alkanes of at least 4 members (excludes halogenated alkanes) is 41. The van der Waals surface area contributed by atoms with Crippen molar-refractivity contribution >= 4 is 5.91 Å². The van der Waals surface area contributed by atoms with Gasteiger partial charge in [0.1, 0.15) is 24.4 Å². The number of carbonyl (C=O) groups is 1. The quantitative estimate of drug-likeness (QED) is 0.0261. The monoisotopic (exact) mass is 1270 g/mol. The number of hydrogen-bond acceptors (Lipinski definition) is 8. The summed E-state index contributed by atoms with van der Waals surface area (Å²) in [5.41, 5.74) is 0. The second kappa shape index (κ2) is 69.7. The Hall–Kier alpha value is -3.15. The van der Waals surface area contributed by atoms with Gasteiger partial charge in [0.05, 0.1) is 25.4 Å². The van der Waals surface area contributed by atoms with E-state index in [1.54, 1.807) is 6.08 Å². The lowest BCUT2D eigenvalue weighted by Gasteiger charge is -2.40. The molecule has 0 radical (unpaired) electrons. The van der Waals surface area contributed by atoms with E-state index in [4.69, 9.17) is 9.47 Å². The molecule has 0 aromatic heterocycles. The first-order valence-corrected chi connectivity index (χ1v) is 38.6. The average molecular weight is 1270 g/mol. The number of ether oxygens (including phenoxy) is 2. The lowest BCUT2D eigenvalue weighted by Crippen LogP contribution is -2.60. The Morgan fingerprint density at radius 1 is 0.385 bits per heavy atom. The third kappa shape index (κ3) is 58.0. The number of nitrogens with one attached hydrogen (secondary N) is 1. The van der Waals surface area contributed by atoms with Gasteiger partial charge in [-0.25, -0.2) is 0 Å². The van der Waals surface area contributed by atoms with Gasteiger partial charge in [-0.05, 0) is 83.5 Å². The van der Waals surface area contributed by atoms with Crippen molar-refractivity contribution in [3.63, 3.8) is 0 Å². The SMILES string of the molecule is CC/C=C\C/C=C\C/C=C\C/C=C\C/C=C\C/C=C\C/C=C\C/C=C\CCCCCCCCCCCCCCCCC(=O)NC(COC1OC(CO)C(O)C(O)C1O)C(O)/C=C/CCCCCCCCCCCCCCCCCCCCCCCCCCCCC. The van der Waals surface area contributed by atoms with Gasteiger partial charge >= 0.3 is 0 Å². The molecule has 1 rings (SSSR count). The van der Waals surface area contributed by atoms with Gasteiger partial charge in [0, 0.05) is 6.42 Å². The normalized spacial score (nSPS) is 18.3. The number of aliphatic hydroxyl groups excluding tert-OH is 5. The molecule has 9 nitrogen and oxygen atoms in total. The molecule has 0 aromatic rings. The summed E-state index contributed by atoms with van der Waals surface area (Å²) in [6.45, 7) is 3.70. The molecule has 1 amide bonds. The highest BCUT2D eigenvalue weighted by Crippen LogP contribution is 2.23. The van der Waals surface area contributed by atoms with Crippen LogP contribution in [0.15, 0.2) is 109 Å². The van der Waals surface area contributed by atoms with E-state index in [2.05, 4.69) is 116 Å². The smallest absolute Gasteiger partial charge is 0.220 e. The van der Waals surface area contributed by atoms with E-state index in [-0.39, 0.29) is 12.5 Å². The molecule has 0 bridgehead atoms. The minimum Gasteiger partial charge on any atom is -0.394 e. The summed E-state index contributed by atoms with van der Waals surface area (Å²) in [5.74, 6) is -0.176. The Bertz CT molecular complexity index is 1810. The molecule has 91 heavy (non-hydrogen) atoms. The molecule has 526 valence electrons. The van der Waals surface area contributed by atoms with Crippen LogP contribution in [0.1, 0.15) is 348 Å². The van der Waals surface area contributed by atoms with Gasteiger partial charge in [-0.2, -0.15) is 0 Å². The van der Waals surface area contributed by atoms with Gasteiger partial charge in [-0.3, -0.25) is 4.79 Å². The van der Waals surface area contributed by atoms with Crippen LogP contribution in [0, 0.1) is 0 Å². The maximum atomic E-state index is 13.2. The van der Waals surface area contributed by atoms with Crippen molar-refractivity contribution in [3.8, 4) is 0 Å². The summed E-state index contributed by atoms with van der Waals surface area (Å²) in [4.78, 5) is 13.2. The Morgan fingerprint density at radius 3 is 1.01 bits per heavy atom. The molecule has 9 heteroatoms. The summed E-state index contributed by atoms with van der Waals surface area (Å²) in [5, 5.41) is 54.9. The predicted molar refractivity (Wildman–Crippen MR) is 391 cm³/mol. The lowest BCUT2D eigenvalue weighted by atomic mass is 9.99. The van der Waals surface area contributed by atoms with Crippen molar-refractivity contribution in [1.82, 2.24) is 5.32 Å². The molecule has 1 saturated heterocycles. The van der Waals surface area contributed by atoms with Crippen LogP contribution in [0.2, 0.25) is 0 Å². The summed E-state index contributed by atoms with van der Waals surface area (Å²) >= 11 is 0. The second-order valence-corrected chi connectivity index (χ2v) is 26.4. The van der Waals surface area contributed by atoms with E-state index in [1.807, 2.05) is 6.08 Å². The van der Waals surface area contributed by atoms with Crippen molar-refractivity contribution in [2.75, 3.05) is 13.2 Å². The van der Waals surface area contributed by atoms with Crippen molar-refractivity contribution in [2.45, 2.75) is 391 Å². The first-order chi connectivity index (χ1) is 44.8. The third-order valence-corrected chi connectivity index (χ3v) is 17.9. The van der Waals surface area contributed by atoms with Gasteiger partial charge in [-0.1, -0.05) is 367 Å². The zero-order valence-electron chi connectivity index (χ0n) is 59.1. The molecule has 0 saturated carbocycles. The van der Waals surface area contributed by atoms with Gasteiger partial charge in [0.15, 0.2) is 6.29 Å². The molecule has 0 spiro atoms. The number of aliphatic hydroxyl groups is 5. The van der Waals surface area contributed by atoms with Crippen molar-refractivity contribution in [1.29, 1.82) is 0 Å². The molecule has 0 aromatic carbocycles. The highest BCUT2D eigenvalue weighted by molar-refractivity contribution is 5.76. The number of allylic oxidation sites excluding steroid dienone is 17. The van der Waals surface area contributed by atoms with Crippen LogP contribution in [0.4, 0.5) is 0 Å². The van der Waals surface area contributed by atoms with Crippen LogP contribution < -0.4 is 5.32 Å². The number of rotatable bonds is 67. The molecule has 1 aliphatic rings. The van der Waals surface area contributed by atoms with Gasteiger partial charge in [-0.15, -0.1) is 0 Å². The highest BCUT2D eigenvalue weighted by atomic mass is 16.7. The first kappa shape index (κ1) is 85.9. The van der Waals surface area contributed by atoms with Crippen LogP contribution in [0.3, 0.4) is 0 Å². The number of amides is 1. The summed E-state index contributed by atoms with van der Waals surface area (Å²) in [6, 6.07) is -0.813. The molecular weight excluding hydrogens is 1130 g/mol. The highest BCUT2D eigenvalue weighted by Gasteiger charge is 2.44. The van der Waals surface area contributed by atoms with Crippen molar-refractivity contribution < 1.29 is 39.8 Å². The molecule has 7 atom stereocenters. The average Bonchev–Trinajstić information content (AvgIpc) is 1.33. The molecule has 1 heterocycles. The van der Waals surface area contributed by atoms with Gasteiger partial charge in [0.25, 0.3) is 0 Å². The molecule has 7 unspecified atom stereocenters. The first-order valence-electron chi connectivity index (χ1n) is 38.6. The molecule has 6 N–H and O–H groups in total. The van der Waals surface area contributed by atoms with Crippen LogP contribution in [-0.4, -0.2) is 87.5 Å². The number of hydrogen-bond donors (Lipinski definition) is 6. The van der Waals surface area contributed by atoms with E-state index < -0.39 is 49.5 Å². The maximum absolute atomic E-state index is 13.2. The van der Waals surface area contributed by atoms with E-state index in [0.717, 1.165) is 89.9 Å². The van der Waals surface area contributed by atoms with Crippen LogP contribution >= 0.6 is 0 Å². The van der Waals surface area contributed by atoms with Crippen LogP contribution in [-0.2, 0) is 14.3 Å². The minimum absolute atomic E-state index is 0.176. The lowest BCUT2D eigenvalue weighted by molar-refractivity contribution is -0.302. The van der Waals surface area contributed by atoms with Crippen molar-refractivity contribution in [2.24, 2.45) is 0 Å². The maximum Gasteiger partial charge on any atom is 0.220 e. The summed E-state index contributed by atoms with van der Waals surface area (Å²) < 4.78 is 11.3. The molecule has 1 aliphatic heterocycles. The van der Waals surface area contributed by atoms with Gasteiger partial charge < -0.3 is 40.3 Å².